The van der Waals surface area contributed by atoms with E-state index in [1.165, 1.54) is 18.2 Å². The lowest BCUT2D eigenvalue weighted by Gasteiger charge is -2.37. The molecule has 1 heterocycles. The van der Waals surface area contributed by atoms with Gasteiger partial charge in [0.2, 0.25) is 5.91 Å². The van der Waals surface area contributed by atoms with Crippen molar-refractivity contribution >= 4 is 23.2 Å². The third kappa shape index (κ3) is 5.79. The fourth-order valence-corrected chi connectivity index (χ4v) is 3.37. The first-order valence-electron chi connectivity index (χ1n) is 9.91. The fourth-order valence-electron chi connectivity index (χ4n) is 3.37. The Balaban J connectivity index is 1.54. The first kappa shape index (κ1) is 20.8. The van der Waals surface area contributed by atoms with Gasteiger partial charge >= 0.3 is 0 Å². The summed E-state index contributed by atoms with van der Waals surface area (Å²) in [4.78, 5) is 28.8. The van der Waals surface area contributed by atoms with Crippen molar-refractivity contribution in [2.24, 2.45) is 5.41 Å². The number of carbonyl (C=O) groups excluding carboxylic acids is 2. The maximum atomic E-state index is 13.3. The molecule has 154 valence electrons. The van der Waals surface area contributed by atoms with E-state index in [0.717, 1.165) is 18.8 Å². The number of amides is 2. The van der Waals surface area contributed by atoms with E-state index in [9.17, 15) is 14.0 Å². The molecule has 0 spiro atoms. The summed E-state index contributed by atoms with van der Waals surface area (Å²) in [5.41, 5.74) is 1.99. The van der Waals surface area contributed by atoms with Gasteiger partial charge in [-0.2, -0.15) is 0 Å². The minimum absolute atomic E-state index is 0.00000209. The summed E-state index contributed by atoms with van der Waals surface area (Å²) in [6.07, 6.45) is 0.562. The first-order chi connectivity index (χ1) is 13.7. The highest BCUT2D eigenvalue weighted by atomic mass is 19.1. The highest BCUT2D eigenvalue weighted by Gasteiger charge is 2.25. The topological polar surface area (TPSA) is 52.7 Å². The van der Waals surface area contributed by atoms with Crippen molar-refractivity contribution in [3.05, 3.63) is 59.9 Å². The van der Waals surface area contributed by atoms with Crippen molar-refractivity contribution < 1.29 is 14.0 Å². The molecule has 2 amide bonds. The SMILES string of the molecule is CC(C)(C)CC(=O)N1CCN(c2ccc(NC(=O)c3cccc(F)c3)cc2)CC1. The highest BCUT2D eigenvalue weighted by Crippen LogP contribution is 2.23. The Morgan fingerprint density at radius 3 is 2.24 bits per heavy atom. The zero-order chi connectivity index (χ0) is 21.0. The van der Waals surface area contributed by atoms with Gasteiger partial charge in [-0.15, -0.1) is 0 Å². The van der Waals surface area contributed by atoms with Gasteiger partial charge in [0.15, 0.2) is 0 Å². The Kier molecular flexibility index (Phi) is 6.20. The van der Waals surface area contributed by atoms with Crippen molar-refractivity contribution in [2.75, 3.05) is 36.4 Å². The smallest absolute Gasteiger partial charge is 0.255 e. The van der Waals surface area contributed by atoms with Crippen LogP contribution < -0.4 is 10.2 Å². The molecule has 0 atom stereocenters. The van der Waals surface area contributed by atoms with Gasteiger partial charge in [0, 0.05) is 49.5 Å². The van der Waals surface area contributed by atoms with E-state index < -0.39 is 5.82 Å². The molecule has 0 unspecified atom stereocenters. The number of halogens is 1. The van der Waals surface area contributed by atoms with Gasteiger partial charge in [0.05, 0.1) is 0 Å². The zero-order valence-electron chi connectivity index (χ0n) is 17.2. The minimum Gasteiger partial charge on any atom is -0.368 e. The number of nitrogens with one attached hydrogen (secondary N) is 1. The summed E-state index contributed by atoms with van der Waals surface area (Å²) in [7, 11) is 0. The van der Waals surface area contributed by atoms with E-state index in [1.54, 1.807) is 6.07 Å². The number of rotatable bonds is 4. The molecule has 1 saturated heterocycles. The third-order valence-electron chi connectivity index (χ3n) is 4.89. The molecule has 0 saturated carbocycles. The average molecular weight is 397 g/mol. The van der Waals surface area contributed by atoms with Crippen molar-refractivity contribution in [3.63, 3.8) is 0 Å². The molecule has 2 aromatic carbocycles. The molecule has 29 heavy (non-hydrogen) atoms. The van der Waals surface area contributed by atoms with E-state index in [4.69, 9.17) is 0 Å². The van der Waals surface area contributed by atoms with Crippen molar-refractivity contribution in [3.8, 4) is 0 Å². The van der Waals surface area contributed by atoms with E-state index in [-0.39, 0.29) is 22.8 Å². The monoisotopic (exact) mass is 397 g/mol. The summed E-state index contributed by atoms with van der Waals surface area (Å²) in [6, 6.07) is 13.2. The van der Waals surface area contributed by atoms with Crippen LogP contribution in [0.15, 0.2) is 48.5 Å². The van der Waals surface area contributed by atoms with Crippen molar-refractivity contribution in [2.45, 2.75) is 27.2 Å². The summed E-state index contributed by atoms with van der Waals surface area (Å²) in [5.74, 6) is -0.566. The lowest BCUT2D eigenvalue weighted by atomic mass is 9.91. The van der Waals surface area contributed by atoms with Crippen LogP contribution in [0.4, 0.5) is 15.8 Å². The van der Waals surface area contributed by atoms with Gasteiger partial charge < -0.3 is 15.1 Å². The molecule has 6 heteroatoms. The van der Waals surface area contributed by atoms with E-state index in [0.29, 0.717) is 25.2 Å². The number of hydrogen-bond donors (Lipinski definition) is 1. The molecular formula is C23H28FN3O2. The second-order valence-corrected chi connectivity index (χ2v) is 8.62. The van der Waals surface area contributed by atoms with E-state index in [1.807, 2.05) is 29.2 Å². The largest absolute Gasteiger partial charge is 0.368 e. The second-order valence-electron chi connectivity index (χ2n) is 8.62. The van der Waals surface area contributed by atoms with Crippen LogP contribution in [0.25, 0.3) is 0 Å². The molecule has 0 bridgehead atoms. The molecule has 3 rings (SSSR count). The lowest BCUT2D eigenvalue weighted by Crippen LogP contribution is -2.49. The second kappa shape index (κ2) is 8.64. The molecular weight excluding hydrogens is 369 g/mol. The first-order valence-corrected chi connectivity index (χ1v) is 9.91. The maximum absolute atomic E-state index is 13.3. The van der Waals surface area contributed by atoms with Crippen LogP contribution in [0.2, 0.25) is 0 Å². The number of nitrogens with zero attached hydrogens (tertiary/aromatic N) is 2. The quantitative estimate of drug-likeness (QED) is 0.843. The van der Waals surface area contributed by atoms with E-state index >= 15 is 0 Å². The van der Waals surface area contributed by atoms with Crippen LogP contribution in [0, 0.1) is 11.2 Å². The van der Waals surface area contributed by atoms with Crippen molar-refractivity contribution in [1.82, 2.24) is 4.90 Å². The maximum Gasteiger partial charge on any atom is 0.255 e. The normalized spacial score (nSPS) is 14.6. The zero-order valence-corrected chi connectivity index (χ0v) is 17.2. The molecule has 0 aliphatic carbocycles. The molecule has 1 fully saturated rings. The highest BCUT2D eigenvalue weighted by molar-refractivity contribution is 6.04. The fraction of sp³-hybridized carbons (Fsp3) is 0.391. The predicted octanol–water partition coefficient (Wildman–Crippen LogP) is 4.16. The van der Waals surface area contributed by atoms with Gasteiger partial charge in [-0.3, -0.25) is 9.59 Å². The Morgan fingerprint density at radius 2 is 1.66 bits per heavy atom. The number of carbonyl (C=O) groups is 2. The van der Waals surface area contributed by atoms with Gasteiger partial charge in [0.1, 0.15) is 5.82 Å². The Labute approximate surface area is 171 Å². The molecule has 0 radical (unpaired) electrons. The summed E-state index contributed by atoms with van der Waals surface area (Å²) in [5, 5.41) is 2.78. The Bertz CT molecular complexity index is 866. The number of hydrogen-bond acceptors (Lipinski definition) is 3. The van der Waals surface area contributed by atoms with E-state index in [2.05, 4.69) is 31.0 Å². The van der Waals surface area contributed by atoms with Crippen LogP contribution in [0.1, 0.15) is 37.6 Å². The van der Waals surface area contributed by atoms with Gasteiger partial charge in [0.25, 0.3) is 5.91 Å². The minimum atomic E-state index is -0.437. The molecule has 0 aromatic heterocycles. The van der Waals surface area contributed by atoms with Crippen LogP contribution >= 0.6 is 0 Å². The van der Waals surface area contributed by atoms with Gasteiger partial charge in [-0.05, 0) is 47.9 Å². The third-order valence-corrected chi connectivity index (χ3v) is 4.89. The number of piperazine rings is 1. The number of anilines is 2. The summed E-state index contributed by atoms with van der Waals surface area (Å²) >= 11 is 0. The number of benzene rings is 2. The average Bonchev–Trinajstić information content (AvgIpc) is 2.67. The molecule has 2 aromatic rings. The van der Waals surface area contributed by atoms with Crippen LogP contribution in [0.5, 0.6) is 0 Å². The van der Waals surface area contributed by atoms with Gasteiger partial charge in [-0.1, -0.05) is 26.8 Å². The van der Waals surface area contributed by atoms with Crippen LogP contribution in [0.3, 0.4) is 0 Å². The molecule has 5 nitrogen and oxygen atoms in total. The predicted molar refractivity (Wildman–Crippen MR) is 114 cm³/mol. The molecule has 1 aliphatic heterocycles. The standard InChI is InChI=1S/C23H28FN3O2/c1-23(2,3)16-21(28)27-13-11-26(12-14-27)20-9-7-19(8-10-20)25-22(29)17-5-4-6-18(24)15-17/h4-10,15H,11-14,16H2,1-3H3,(H,25,29). The van der Waals surface area contributed by atoms with Crippen LogP contribution in [-0.2, 0) is 4.79 Å². The van der Waals surface area contributed by atoms with Gasteiger partial charge in [-0.25, -0.2) is 4.39 Å². The lowest BCUT2D eigenvalue weighted by molar-refractivity contribution is -0.133. The molecule has 1 aliphatic rings. The van der Waals surface area contributed by atoms with Crippen molar-refractivity contribution in [1.29, 1.82) is 0 Å². The van der Waals surface area contributed by atoms with Crippen LogP contribution in [-0.4, -0.2) is 42.9 Å². The molecule has 1 N–H and O–H groups in total. The Hall–Kier alpha value is -2.89. The summed E-state index contributed by atoms with van der Waals surface area (Å²) in [6.45, 7) is 9.23. The Morgan fingerprint density at radius 1 is 1.00 bits per heavy atom. The summed E-state index contributed by atoms with van der Waals surface area (Å²) < 4.78 is 13.3.